The van der Waals surface area contributed by atoms with Crippen LogP contribution in [0.4, 0.5) is 0 Å². The van der Waals surface area contributed by atoms with E-state index in [-0.39, 0.29) is 30.3 Å². The van der Waals surface area contributed by atoms with E-state index in [1.165, 1.54) is 4.90 Å². The molecule has 2 aliphatic rings. The van der Waals surface area contributed by atoms with Crippen LogP contribution < -0.4 is 0 Å². The molecule has 0 saturated carbocycles. The SMILES string of the molecule is CN1CCN(C(=O)CCCN2C(=O)c3cccc4cccc(c34)C2=O)[C@@H](c2ccccc2)C1. The maximum absolute atomic E-state index is 13.2. The lowest BCUT2D eigenvalue weighted by molar-refractivity contribution is -0.136. The van der Waals surface area contributed by atoms with Crippen molar-refractivity contribution >= 4 is 28.5 Å². The Morgan fingerprint density at radius 2 is 1.55 bits per heavy atom. The van der Waals surface area contributed by atoms with Crippen molar-refractivity contribution in [2.24, 2.45) is 0 Å². The van der Waals surface area contributed by atoms with Crippen LogP contribution in [0.2, 0.25) is 0 Å². The third-order valence-electron chi connectivity index (χ3n) is 6.72. The first-order valence-corrected chi connectivity index (χ1v) is 11.5. The van der Waals surface area contributed by atoms with E-state index in [2.05, 4.69) is 24.1 Å². The summed E-state index contributed by atoms with van der Waals surface area (Å²) in [6.45, 7) is 2.53. The van der Waals surface area contributed by atoms with Crippen molar-refractivity contribution in [3.8, 4) is 0 Å². The summed E-state index contributed by atoms with van der Waals surface area (Å²) in [7, 11) is 2.07. The molecule has 0 N–H and O–H groups in total. The zero-order valence-corrected chi connectivity index (χ0v) is 18.7. The highest BCUT2D eigenvalue weighted by atomic mass is 16.2. The third kappa shape index (κ3) is 3.91. The van der Waals surface area contributed by atoms with Gasteiger partial charge in [-0.25, -0.2) is 0 Å². The molecule has 0 radical (unpaired) electrons. The zero-order valence-electron chi connectivity index (χ0n) is 18.7. The summed E-state index contributed by atoms with van der Waals surface area (Å²) in [5.41, 5.74) is 2.23. The summed E-state index contributed by atoms with van der Waals surface area (Å²) < 4.78 is 0. The molecule has 6 nitrogen and oxygen atoms in total. The van der Waals surface area contributed by atoms with Gasteiger partial charge in [0.2, 0.25) is 5.91 Å². The van der Waals surface area contributed by atoms with Gasteiger partial charge in [-0.3, -0.25) is 19.3 Å². The van der Waals surface area contributed by atoms with Gasteiger partial charge in [-0.05, 0) is 36.6 Å². The standard InChI is InChI=1S/C27H27N3O3/c1-28-16-17-29(23(18-28)19-8-3-2-4-9-19)24(31)14-7-15-30-26(32)21-12-5-10-20-11-6-13-22(25(20)21)27(30)33/h2-6,8-13,23H,7,14-18H2,1H3/t23-/m1/s1. The van der Waals surface area contributed by atoms with Crippen LogP contribution in [0.15, 0.2) is 66.7 Å². The summed E-state index contributed by atoms with van der Waals surface area (Å²) in [4.78, 5) is 44.8. The van der Waals surface area contributed by atoms with Gasteiger partial charge in [0, 0.05) is 49.1 Å². The molecule has 0 aliphatic carbocycles. The van der Waals surface area contributed by atoms with Gasteiger partial charge in [-0.2, -0.15) is 0 Å². The second-order valence-electron chi connectivity index (χ2n) is 8.85. The first-order valence-electron chi connectivity index (χ1n) is 11.5. The van der Waals surface area contributed by atoms with E-state index in [1.54, 1.807) is 12.1 Å². The second kappa shape index (κ2) is 8.79. The number of benzene rings is 3. The number of nitrogens with zero attached hydrogens (tertiary/aromatic N) is 3. The van der Waals surface area contributed by atoms with Crippen LogP contribution in [0.3, 0.4) is 0 Å². The highest BCUT2D eigenvalue weighted by molar-refractivity contribution is 6.25. The van der Waals surface area contributed by atoms with Crippen LogP contribution in [0.25, 0.3) is 10.8 Å². The average Bonchev–Trinajstić information content (AvgIpc) is 2.85. The maximum atomic E-state index is 13.2. The minimum absolute atomic E-state index is 0.0141. The van der Waals surface area contributed by atoms with Gasteiger partial charge in [0.1, 0.15) is 0 Å². The van der Waals surface area contributed by atoms with E-state index < -0.39 is 0 Å². The summed E-state index contributed by atoms with van der Waals surface area (Å²) >= 11 is 0. The minimum Gasteiger partial charge on any atom is -0.333 e. The number of carbonyl (C=O) groups is 3. The first-order chi connectivity index (χ1) is 16.0. The molecule has 0 aromatic heterocycles. The van der Waals surface area contributed by atoms with E-state index in [4.69, 9.17) is 0 Å². The molecule has 33 heavy (non-hydrogen) atoms. The molecule has 2 heterocycles. The Bertz CT molecular complexity index is 1170. The molecule has 3 amide bonds. The summed E-state index contributed by atoms with van der Waals surface area (Å²) in [6.07, 6.45) is 0.748. The number of carbonyl (C=O) groups excluding carboxylic acids is 3. The molecule has 0 spiro atoms. The molecule has 0 unspecified atom stereocenters. The molecular weight excluding hydrogens is 414 g/mol. The highest BCUT2D eigenvalue weighted by Gasteiger charge is 2.33. The monoisotopic (exact) mass is 441 g/mol. The van der Waals surface area contributed by atoms with Crippen molar-refractivity contribution in [2.75, 3.05) is 33.2 Å². The van der Waals surface area contributed by atoms with Crippen LogP contribution >= 0.6 is 0 Å². The van der Waals surface area contributed by atoms with Crippen molar-refractivity contribution in [3.63, 3.8) is 0 Å². The fraction of sp³-hybridized carbons (Fsp3) is 0.296. The topological polar surface area (TPSA) is 60.9 Å². The number of imide groups is 1. The molecule has 1 fully saturated rings. The quantitative estimate of drug-likeness (QED) is 0.566. The largest absolute Gasteiger partial charge is 0.333 e. The zero-order chi connectivity index (χ0) is 22.9. The number of hydrogen-bond acceptors (Lipinski definition) is 4. The molecule has 3 aromatic rings. The number of likely N-dealkylation sites (N-methyl/N-ethyl adjacent to an activating group) is 1. The smallest absolute Gasteiger partial charge is 0.261 e. The predicted octanol–water partition coefficient (Wildman–Crippen LogP) is 3.73. The van der Waals surface area contributed by atoms with Crippen LogP contribution in [0, 0.1) is 0 Å². The van der Waals surface area contributed by atoms with Crippen LogP contribution in [0.5, 0.6) is 0 Å². The minimum atomic E-state index is -0.279. The van der Waals surface area contributed by atoms with Gasteiger partial charge in [0.05, 0.1) is 6.04 Å². The van der Waals surface area contributed by atoms with Gasteiger partial charge in [0.25, 0.3) is 11.8 Å². The molecule has 1 atom stereocenters. The molecule has 2 aliphatic heterocycles. The van der Waals surface area contributed by atoms with E-state index in [9.17, 15) is 14.4 Å². The summed E-state index contributed by atoms with van der Waals surface area (Å²) in [6, 6.07) is 21.2. The fourth-order valence-corrected chi connectivity index (χ4v) is 4.99. The van der Waals surface area contributed by atoms with Crippen molar-refractivity contribution < 1.29 is 14.4 Å². The van der Waals surface area contributed by atoms with Crippen LogP contribution in [0.1, 0.15) is 45.2 Å². The van der Waals surface area contributed by atoms with Gasteiger partial charge < -0.3 is 9.80 Å². The van der Waals surface area contributed by atoms with E-state index >= 15 is 0 Å². The van der Waals surface area contributed by atoms with Gasteiger partial charge in [-0.15, -0.1) is 0 Å². The molecule has 0 bridgehead atoms. The van der Waals surface area contributed by atoms with E-state index in [1.807, 2.05) is 47.4 Å². The third-order valence-corrected chi connectivity index (χ3v) is 6.72. The molecule has 6 heteroatoms. The number of hydrogen-bond donors (Lipinski definition) is 0. The number of piperazine rings is 1. The molecule has 168 valence electrons. The van der Waals surface area contributed by atoms with Gasteiger partial charge in [-0.1, -0.05) is 54.6 Å². The predicted molar refractivity (Wildman–Crippen MR) is 127 cm³/mol. The first kappa shape index (κ1) is 21.3. The Labute approximate surface area is 193 Å². The molecule has 5 rings (SSSR count). The molecular formula is C27H27N3O3. The van der Waals surface area contributed by atoms with Crippen molar-refractivity contribution in [1.82, 2.24) is 14.7 Å². The van der Waals surface area contributed by atoms with Gasteiger partial charge >= 0.3 is 0 Å². The highest BCUT2D eigenvalue weighted by Crippen LogP contribution is 2.30. The lowest BCUT2D eigenvalue weighted by Crippen LogP contribution is -2.49. The lowest BCUT2D eigenvalue weighted by Gasteiger charge is -2.40. The van der Waals surface area contributed by atoms with Crippen LogP contribution in [-0.2, 0) is 4.79 Å². The number of rotatable bonds is 5. The Balaban J connectivity index is 1.28. The fourth-order valence-electron chi connectivity index (χ4n) is 4.99. The molecule has 1 saturated heterocycles. The number of amides is 3. The second-order valence-corrected chi connectivity index (χ2v) is 8.85. The van der Waals surface area contributed by atoms with Crippen molar-refractivity contribution in [1.29, 1.82) is 0 Å². The maximum Gasteiger partial charge on any atom is 0.261 e. The molecule has 3 aromatic carbocycles. The van der Waals surface area contributed by atoms with Gasteiger partial charge in [0.15, 0.2) is 0 Å². The normalized spacial score (nSPS) is 18.8. The Kier molecular flexibility index (Phi) is 5.68. The van der Waals surface area contributed by atoms with Crippen LogP contribution in [-0.4, -0.2) is 65.6 Å². The summed E-state index contributed by atoms with van der Waals surface area (Å²) in [5.74, 6) is -0.492. The van der Waals surface area contributed by atoms with E-state index in [0.717, 1.165) is 29.4 Å². The average molecular weight is 442 g/mol. The van der Waals surface area contributed by atoms with Crippen molar-refractivity contribution in [2.45, 2.75) is 18.9 Å². The Hall–Kier alpha value is -3.51. The summed E-state index contributed by atoms with van der Waals surface area (Å²) in [5, 5.41) is 1.62. The Morgan fingerprint density at radius 1 is 0.879 bits per heavy atom. The Morgan fingerprint density at radius 3 is 2.21 bits per heavy atom. The van der Waals surface area contributed by atoms with E-state index in [0.29, 0.717) is 30.5 Å². The van der Waals surface area contributed by atoms with Crippen molar-refractivity contribution in [3.05, 3.63) is 83.4 Å². The lowest BCUT2D eigenvalue weighted by atomic mass is 9.94.